The summed E-state index contributed by atoms with van der Waals surface area (Å²) < 4.78 is 16.5. The smallest absolute Gasteiger partial charge is 0.323 e. The first-order valence-corrected chi connectivity index (χ1v) is 4.75. The van der Waals surface area contributed by atoms with E-state index in [1.807, 2.05) is 0 Å². The van der Waals surface area contributed by atoms with Crippen LogP contribution in [-0.2, 0) is 11.2 Å². The first-order valence-electron chi connectivity index (χ1n) is 4.75. The van der Waals surface area contributed by atoms with Crippen molar-refractivity contribution in [1.29, 1.82) is 0 Å². The number of carboxylic acid groups (broad SMARTS) is 1. The van der Waals surface area contributed by atoms with Crippen molar-refractivity contribution in [1.82, 2.24) is 0 Å². The van der Waals surface area contributed by atoms with Gasteiger partial charge in [0.05, 0.1) is 0 Å². The predicted octanol–water partition coefficient (Wildman–Crippen LogP) is 1.34. The fourth-order valence-electron chi connectivity index (χ4n) is 1.27. The molecule has 1 rings (SSSR count). The highest BCUT2D eigenvalue weighted by Crippen LogP contribution is 2.16. The Balaban J connectivity index is 2.72. The molecule has 0 bridgehead atoms. The molecule has 4 nitrogen and oxygen atoms in total. The molecule has 1 aromatic rings. The van der Waals surface area contributed by atoms with Crippen LogP contribution in [0.4, 0.5) is 4.39 Å². The van der Waals surface area contributed by atoms with Crippen molar-refractivity contribution in [2.75, 3.05) is 6.86 Å². The molecular weight excluding hydrogens is 213 g/mol. The van der Waals surface area contributed by atoms with Gasteiger partial charge in [-0.05, 0) is 24.6 Å². The third-order valence-corrected chi connectivity index (χ3v) is 2.20. The molecule has 0 aromatic heterocycles. The highest BCUT2D eigenvalue weighted by atomic mass is 19.1. The van der Waals surface area contributed by atoms with Crippen LogP contribution >= 0.6 is 0 Å². The molecule has 0 amide bonds. The van der Waals surface area contributed by atoms with Crippen LogP contribution in [0.25, 0.3) is 0 Å². The lowest BCUT2D eigenvalue weighted by Gasteiger charge is -2.19. The Labute approximate surface area is 92.8 Å². The Bertz CT molecular complexity index is 362. The summed E-state index contributed by atoms with van der Waals surface area (Å²) >= 11 is 0. The van der Waals surface area contributed by atoms with Gasteiger partial charge in [0.2, 0.25) is 6.86 Å². The van der Waals surface area contributed by atoms with E-state index in [1.165, 1.54) is 6.92 Å². The lowest BCUT2D eigenvalue weighted by molar-refractivity contribution is -0.142. The Kier molecular flexibility index (Phi) is 3.84. The molecule has 0 saturated carbocycles. The summed E-state index contributed by atoms with van der Waals surface area (Å²) in [5.41, 5.74) is 5.06. The molecular formula is C11H14FNO3. The molecule has 16 heavy (non-hydrogen) atoms. The van der Waals surface area contributed by atoms with Gasteiger partial charge < -0.3 is 15.6 Å². The fourth-order valence-corrected chi connectivity index (χ4v) is 1.27. The highest BCUT2D eigenvalue weighted by molar-refractivity contribution is 5.78. The van der Waals surface area contributed by atoms with Crippen LogP contribution in [0.2, 0.25) is 0 Å². The van der Waals surface area contributed by atoms with E-state index in [-0.39, 0.29) is 6.42 Å². The van der Waals surface area contributed by atoms with E-state index in [0.29, 0.717) is 5.75 Å². The number of alkyl halides is 1. The van der Waals surface area contributed by atoms with Crippen molar-refractivity contribution in [2.24, 2.45) is 5.73 Å². The molecule has 88 valence electrons. The van der Waals surface area contributed by atoms with Crippen LogP contribution in [0.3, 0.4) is 0 Å². The van der Waals surface area contributed by atoms with Crippen LogP contribution in [0.1, 0.15) is 12.5 Å². The molecule has 0 aliphatic carbocycles. The third kappa shape index (κ3) is 3.20. The van der Waals surface area contributed by atoms with Gasteiger partial charge in [-0.25, -0.2) is 4.39 Å². The number of carboxylic acids is 1. The van der Waals surface area contributed by atoms with Crippen molar-refractivity contribution in [3.05, 3.63) is 29.8 Å². The minimum absolute atomic E-state index is 0.207. The van der Waals surface area contributed by atoms with Gasteiger partial charge >= 0.3 is 5.97 Å². The zero-order valence-electron chi connectivity index (χ0n) is 8.94. The largest absolute Gasteiger partial charge is 0.480 e. The van der Waals surface area contributed by atoms with Crippen molar-refractivity contribution >= 4 is 5.97 Å². The van der Waals surface area contributed by atoms with E-state index in [4.69, 9.17) is 10.8 Å². The molecule has 1 aromatic carbocycles. The van der Waals surface area contributed by atoms with Crippen LogP contribution in [0.15, 0.2) is 24.3 Å². The van der Waals surface area contributed by atoms with E-state index < -0.39 is 18.4 Å². The summed E-state index contributed by atoms with van der Waals surface area (Å²) in [5, 5.41) is 8.84. The molecule has 0 radical (unpaired) electrons. The normalized spacial score (nSPS) is 14.2. The number of ether oxygens (including phenoxy) is 1. The van der Waals surface area contributed by atoms with Crippen LogP contribution in [0, 0.1) is 0 Å². The first-order chi connectivity index (χ1) is 7.45. The third-order valence-electron chi connectivity index (χ3n) is 2.20. The van der Waals surface area contributed by atoms with Crippen molar-refractivity contribution in [2.45, 2.75) is 18.9 Å². The number of halogens is 1. The van der Waals surface area contributed by atoms with E-state index in [0.717, 1.165) is 5.56 Å². The predicted molar refractivity (Wildman–Crippen MR) is 57.0 cm³/mol. The SMILES string of the molecule is C[C@](N)(Cc1ccc(OCF)cc1)C(=O)O. The number of benzene rings is 1. The molecule has 0 saturated heterocycles. The molecule has 3 N–H and O–H groups in total. The van der Waals surface area contributed by atoms with Crippen molar-refractivity contribution in [3.8, 4) is 5.75 Å². The van der Waals surface area contributed by atoms with Gasteiger partial charge in [-0.3, -0.25) is 4.79 Å². The number of carbonyl (C=O) groups is 1. The Morgan fingerprint density at radius 2 is 2.06 bits per heavy atom. The number of aliphatic carboxylic acids is 1. The number of hydrogen-bond acceptors (Lipinski definition) is 3. The maximum atomic E-state index is 11.8. The number of hydrogen-bond donors (Lipinski definition) is 2. The van der Waals surface area contributed by atoms with Gasteiger partial charge in [-0.2, -0.15) is 0 Å². The molecule has 1 atom stereocenters. The molecule has 0 aliphatic rings. The lowest BCUT2D eigenvalue weighted by atomic mass is 9.94. The second kappa shape index (κ2) is 4.94. The summed E-state index contributed by atoms with van der Waals surface area (Å²) in [7, 11) is 0. The fraction of sp³-hybridized carbons (Fsp3) is 0.364. The van der Waals surface area contributed by atoms with Gasteiger partial charge in [-0.1, -0.05) is 12.1 Å². The lowest BCUT2D eigenvalue weighted by Crippen LogP contribution is -2.46. The molecule has 0 heterocycles. The van der Waals surface area contributed by atoms with Gasteiger partial charge in [0.25, 0.3) is 0 Å². The van der Waals surface area contributed by atoms with Gasteiger partial charge in [0.15, 0.2) is 0 Å². The van der Waals surface area contributed by atoms with Crippen LogP contribution in [0.5, 0.6) is 5.75 Å². The van der Waals surface area contributed by atoms with Crippen LogP contribution in [-0.4, -0.2) is 23.5 Å². The summed E-state index contributed by atoms with van der Waals surface area (Å²) in [6, 6.07) is 6.48. The quantitative estimate of drug-likeness (QED) is 0.796. The minimum atomic E-state index is -1.30. The number of rotatable bonds is 5. The maximum absolute atomic E-state index is 11.8. The first kappa shape index (κ1) is 12.4. The van der Waals surface area contributed by atoms with E-state index in [2.05, 4.69) is 4.74 Å². The zero-order chi connectivity index (χ0) is 12.2. The summed E-state index contributed by atoms with van der Waals surface area (Å²) in [6.45, 7) is 0.560. The van der Waals surface area contributed by atoms with Crippen LogP contribution < -0.4 is 10.5 Å². The highest BCUT2D eigenvalue weighted by Gasteiger charge is 2.27. The van der Waals surface area contributed by atoms with Gasteiger partial charge in [0.1, 0.15) is 11.3 Å². The maximum Gasteiger partial charge on any atom is 0.323 e. The minimum Gasteiger partial charge on any atom is -0.480 e. The Hall–Kier alpha value is -1.62. The topological polar surface area (TPSA) is 72.5 Å². The van der Waals surface area contributed by atoms with E-state index in [1.54, 1.807) is 24.3 Å². The molecule has 0 spiro atoms. The van der Waals surface area contributed by atoms with Crippen molar-refractivity contribution < 1.29 is 19.0 Å². The summed E-state index contributed by atoms with van der Waals surface area (Å²) in [6.07, 6.45) is 0.207. The second-order valence-corrected chi connectivity index (χ2v) is 3.80. The molecule has 0 fully saturated rings. The van der Waals surface area contributed by atoms with E-state index >= 15 is 0 Å². The van der Waals surface area contributed by atoms with E-state index in [9.17, 15) is 9.18 Å². The molecule has 0 aliphatic heterocycles. The number of nitrogens with two attached hydrogens (primary N) is 1. The average molecular weight is 227 g/mol. The Morgan fingerprint density at radius 3 is 2.50 bits per heavy atom. The standard InChI is InChI=1S/C11H14FNO3/c1-11(13,10(14)15)6-8-2-4-9(5-3-8)16-7-12/h2-5H,6-7,13H2,1H3,(H,14,15)/t11-/m0/s1. The average Bonchev–Trinajstić information content (AvgIpc) is 2.21. The summed E-state index contributed by atoms with van der Waals surface area (Å²) in [5.74, 6) is -0.656. The zero-order valence-corrected chi connectivity index (χ0v) is 8.94. The Morgan fingerprint density at radius 1 is 1.50 bits per heavy atom. The monoisotopic (exact) mass is 227 g/mol. The van der Waals surface area contributed by atoms with Crippen molar-refractivity contribution in [3.63, 3.8) is 0 Å². The second-order valence-electron chi connectivity index (χ2n) is 3.80. The van der Waals surface area contributed by atoms with Gasteiger partial charge in [0, 0.05) is 6.42 Å². The van der Waals surface area contributed by atoms with Gasteiger partial charge in [-0.15, -0.1) is 0 Å². The molecule has 5 heteroatoms. The summed E-state index contributed by atoms with van der Waals surface area (Å²) in [4.78, 5) is 10.8. The molecule has 0 unspecified atom stereocenters.